The Morgan fingerprint density at radius 2 is 1.50 bits per heavy atom. The highest BCUT2D eigenvalue weighted by Crippen LogP contribution is 2.33. The lowest BCUT2D eigenvalue weighted by Gasteiger charge is -2.15. The maximum atomic E-state index is 12.5. The van der Waals surface area contributed by atoms with Crippen LogP contribution in [0.1, 0.15) is 65.2 Å². The van der Waals surface area contributed by atoms with E-state index in [1.807, 2.05) is 0 Å². The number of nitrogens with one attached hydrogen (secondary N) is 1. The smallest absolute Gasteiger partial charge is 0.294 e. The number of unbranched alkanes of at least 4 members (excludes halogenated alkanes) is 6. The molecule has 1 aromatic carbocycles. The van der Waals surface area contributed by atoms with Crippen molar-refractivity contribution in [3.05, 3.63) is 28.6 Å². The molecular formula is C21H31NO4. The summed E-state index contributed by atoms with van der Waals surface area (Å²) in [5.41, 5.74) is 0.235. The summed E-state index contributed by atoms with van der Waals surface area (Å²) in [5.74, 6) is 0.834. The Hall–Kier alpha value is -2.17. The Kier molecular flexibility index (Phi) is 8.32. The highest BCUT2D eigenvalue weighted by molar-refractivity contribution is 5.88. The fourth-order valence-electron chi connectivity index (χ4n) is 2.92. The van der Waals surface area contributed by atoms with Crippen molar-refractivity contribution in [2.45, 2.75) is 65.2 Å². The van der Waals surface area contributed by atoms with E-state index in [1.165, 1.54) is 18.9 Å². The van der Waals surface area contributed by atoms with Gasteiger partial charge in [0, 0.05) is 11.5 Å². The van der Waals surface area contributed by atoms with E-state index in [1.54, 1.807) is 12.1 Å². The number of phenolic OH excluding ortho intramolecular Hbond substituents is 1. The Labute approximate surface area is 155 Å². The van der Waals surface area contributed by atoms with Gasteiger partial charge in [0.05, 0.1) is 18.7 Å². The van der Waals surface area contributed by atoms with E-state index in [9.17, 15) is 9.90 Å². The van der Waals surface area contributed by atoms with Gasteiger partial charge in [0.25, 0.3) is 5.56 Å². The lowest BCUT2D eigenvalue weighted by Crippen LogP contribution is -2.15. The topological polar surface area (TPSA) is 71.5 Å². The van der Waals surface area contributed by atoms with Crippen LogP contribution in [0.2, 0.25) is 0 Å². The third kappa shape index (κ3) is 5.68. The second-order valence-corrected chi connectivity index (χ2v) is 6.66. The molecule has 0 saturated carbocycles. The summed E-state index contributed by atoms with van der Waals surface area (Å²) in [6.45, 7) is 5.38. The summed E-state index contributed by atoms with van der Waals surface area (Å²) in [4.78, 5) is 15.3. The minimum Gasteiger partial charge on any atom is -0.508 e. The van der Waals surface area contributed by atoms with Crippen LogP contribution in [0.15, 0.2) is 23.0 Å². The largest absolute Gasteiger partial charge is 0.508 e. The van der Waals surface area contributed by atoms with E-state index in [0.717, 1.165) is 43.9 Å². The quantitative estimate of drug-likeness (QED) is 0.513. The van der Waals surface area contributed by atoms with Gasteiger partial charge >= 0.3 is 0 Å². The van der Waals surface area contributed by atoms with Crippen LogP contribution in [-0.2, 0) is 0 Å². The van der Waals surface area contributed by atoms with E-state index >= 15 is 0 Å². The van der Waals surface area contributed by atoms with Crippen molar-refractivity contribution in [2.75, 3.05) is 13.2 Å². The molecule has 2 N–H and O–H groups in total. The summed E-state index contributed by atoms with van der Waals surface area (Å²) in [7, 11) is 0. The zero-order chi connectivity index (χ0) is 18.8. The van der Waals surface area contributed by atoms with Crippen molar-refractivity contribution in [2.24, 2.45) is 0 Å². The fraction of sp³-hybridized carbons (Fsp3) is 0.571. The van der Waals surface area contributed by atoms with Gasteiger partial charge in [0.1, 0.15) is 5.75 Å². The van der Waals surface area contributed by atoms with Crippen LogP contribution < -0.4 is 15.0 Å². The lowest BCUT2D eigenvalue weighted by atomic mass is 10.1. The van der Waals surface area contributed by atoms with Gasteiger partial charge in [0.2, 0.25) is 5.75 Å². The van der Waals surface area contributed by atoms with E-state index in [0.29, 0.717) is 24.5 Å². The Morgan fingerprint density at radius 1 is 0.885 bits per heavy atom. The number of aromatic amines is 1. The molecule has 5 heteroatoms. The zero-order valence-corrected chi connectivity index (χ0v) is 16.0. The van der Waals surface area contributed by atoms with Crippen LogP contribution in [0.5, 0.6) is 17.2 Å². The maximum absolute atomic E-state index is 12.5. The van der Waals surface area contributed by atoms with Crippen molar-refractivity contribution in [3.63, 3.8) is 0 Å². The molecular weight excluding hydrogens is 330 g/mol. The molecule has 0 spiro atoms. The number of aromatic nitrogens is 1. The highest BCUT2D eigenvalue weighted by atomic mass is 16.5. The molecule has 26 heavy (non-hydrogen) atoms. The first kappa shape index (κ1) is 20.1. The van der Waals surface area contributed by atoms with E-state index in [2.05, 4.69) is 18.8 Å². The minimum atomic E-state index is -0.317. The number of aromatic hydroxyl groups is 1. The first-order valence-corrected chi connectivity index (χ1v) is 9.82. The molecule has 0 bridgehead atoms. The molecule has 2 aromatic rings. The number of phenols is 1. The van der Waals surface area contributed by atoms with Crippen LogP contribution >= 0.6 is 0 Å². The third-order valence-corrected chi connectivity index (χ3v) is 4.40. The standard InChI is InChI=1S/C21H31NO4/c1-3-5-7-9-13-25-19-17-12-11-16(23)15-18(17)22-21(24)20(19)26-14-10-8-6-4-2/h11-12,15,23H,3-10,13-14H2,1-2H3,(H,22,24). The van der Waals surface area contributed by atoms with Gasteiger partial charge in [-0.2, -0.15) is 0 Å². The average molecular weight is 361 g/mol. The van der Waals surface area contributed by atoms with Crippen molar-refractivity contribution >= 4 is 10.9 Å². The molecule has 0 saturated heterocycles. The summed E-state index contributed by atoms with van der Waals surface area (Å²) in [6, 6.07) is 4.88. The second-order valence-electron chi connectivity index (χ2n) is 6.66. The SMILES string of the molecule is CCCCCCOc1c(OCCCCCC)c2ccc(O)cc2[nH]c1=O. The van der Waals surface area contributed by atoms with E-state index in [4.69, 9.17) is 9.47 Å². The van der Waals surface area contributed by atoms with Gasteiger partial charge in [-0.05, 0) is 25.0 Å². The number of hydrogen-bond acceptors (Lipinski definition) is 4. The zero-order valence-electron chi connectivity index (χ0n) is 16.0. The first-order valence-electron chi connectivity index (χ1n) is 9.82. The predicted octanol–water partition coefficient (Wildman–Crippen LogP) is 5.15. The Morgan fingerprint density at radius 3 is 2.12 bits per heavy atom. The number of fused-ring (bicyclic) bond motifs is 1. The molecule has 1 heterocycles. The molecule has 1 aromatic heterocycles. The van der Waals surface area contributed by atoms with Crippen LogP contribution in [0.3, 0.4) is 0 Å². The monoisotopic (exact) mass is 361 g/mol. The highest BCUT2D eigenvalue weighted by Gasteiger charge is 2.16. The van der Waals surface area contributed by atoms with E-state index < -0.39 is 0 Å². The minimum absolute atomic E-state index is 0.107. The van der Waals surface area contributed by atoms with Gasteiger partial charge in [-0.15, -0.1) is 0 Å². The molecule has 5 nitrogen and oxygen atoms in total. The van der Waals surface area contributed by atoms with Crippen LogP contribution in [0.25, 0.3) is 10.9 Å². The summed E-state index contributed by atoms with van der Waals surface area (Å²) in [5, 5.41) is 10.4. The number of H-pyrrole nitrogens is 1. The van der Waals surface area contributed by atoms with Gasteiger partial charge in [0.15, 0.2) is 5.75 Å². The van der Waals surface area contributed by atoms with Crippen LogP contribution in [0, 0.1) is 0 Å². The molecule has 0 unspecified atom stereocenters. The summed E-state index contributed by atoms with van der Waals surface area (Å²) < 4.78 is 11.8. The fourth-order valence-corrected chi connectivity index (χ4v) is 2.92. The maximum Gasteiger partial charge on any atom is 0.294 e. The van der Waals surface area contributed by atoms with Gasteiger partial charge in [-0.1, -0.05) is 52.4 Å². The average Bonchev–Trinajstić information content (AvgIpc) is 2.62. The first-order chi connectivity index (χ1) is 12.7. The van der Waals surface area contributed by atoms with Crippen molar-refractivity contribution in [1.29, 1.82) is 0 Å². The number of hydrogen-bond donors (Lipinski definition) is 2. The molecule has 2 rings (SSSR count). The molecule has 0 aliphatic heterocycles. The number of benzene rings is 1. The summed E-state index contributed by atoms with van der Waals surface area (Å²) in [6.07, 6.45) is 8.71. The van der Waals surface area contributed by atoms with Crippen molar-refractivity contribution < 1.29 is 14.6 Å². The van der Waals surface area contributed by atoms with E-state index in [-0.39, 0.29) is 17.1 Å². The number of ether oxygens (including phenoxy) is 2. The molecule has 0 aliphatic carbocycles. The normalized spacial score (nSPS) is 11.0. The van der Waals surface area contributed by atoms with Gasteiger partial charge in [-0.3, -0.25) is 4.79 Å². The molecule has 0 atom stereocenters. The van der Waals surface area contributed by atoms with Crippen LogP contribution in [0.4, 0.5) is 0 Å². The van der Waals surface area contributed by atoms with Crippen molar-refractivity contribution in [1.82, 2.24) is 4.98 Å². The molecule has 0 fully saturated rings. The molecule has 144 valence electrons. The number of pyridine rings is 1. The summed E-state index contributed by atoms with van der Waals surface area (Å²) >= 11 is 0. The molecule has 0 aliphatic rings. The molecule has 0 amide bonds. The van der Waals surface area contributed by atoms with Gasteiger partial charge in [-0.25, -0.2) is 0 Å². The Bertz CT molecular complexity index is 739. The third-order valence-electron chi connectivity index (χ3n) is 4.40. The number of rotatable bonds is 12. The predicted molar refractivity (Wildman–Crippen MR) is 106 cm³/mol. The lowest BCUT2D eigenvalue weighted by molar-refractivity contribution is 0.258. The van der Waals surface area contributed by atoms with Crippen LogP contribution in [-0.4, -0.2) is 23.3 Å². The Balaban J connectivity index is 2.20. The van der Waals surface area contributed by atoms with Gasteiger partial charge < -0.3 is 19.6 Å². The second kappa shape index (κ2) is 10.7. The molecule has 0 radical (unpaired) electrons. The van der Waals surface area contributed by atoms with Crippen molar-refractivity contribution in [3.8, 4) is 17.2 Å².